The van der Waals surface area contributed by atoms with Gasteiger partial charge in [0.1, 0.15) is 0 Å². The van der Waals surface area contributed by atoms with Crippen LogP contribution in [0.1, 0.15) is 20.8 Å². The smallest absolute Gasteiger partial charge is 0.255 e. The van der Waals surface area contributed by atoms with E-state index >= 15 is 0 Å². The van der Waals surface area contributed by atoms with Crippen LogP contribution in [0.5, 0.6) is 0 Å². The monoisotopic (exact) mass is 369 g/mol. The van der Waals surface area contributed by atoms with Crippen LogP contribution >= 0.6 is 22.9 Å². The molecule has 3 heterocycles. The molecule has 1 aliphatic heterocycles. The minimum absolute atomic E-state index is 0.120. The van der Waals surface area contributed by atoms with Crippen molar-refractivity contribution in [3.05, 3.63) is 75.2 Å². The van der Waals surface area contributed by atoms with E-state index in [2.05, 4.69) is 33.4 Å². The van der Waals surface area contributed by atoms with Gasteiger partial charge < -0.3 is 10.2 Å². The minimum Gasteiger partial charge on any atom is -0.366 e. The molecule has 0 aliphatic carbocycles. The molecule has 4 nitrogen and oxygen atoms in total. The van der Waals surface area contributed by atoms with Gasteiger partial charge in [0.2, 0.25) is 0 Å². The average Bonchev–Trinajstić information content (AvgIpc) is 3.22. The first-order valence-corrected chi connectivity index (χ1v) is 9.22. The van der Waals surface area contributed by atoms with Crippen molar-refractivity contribution in [1.82, 2.24) is 4.98 Å². The summed E-state index contributed by atoms with van der Waals surface area (Å²) < 4.78 is 0.823. The molecule has 1 N–H and O–H groups in total. The Morgan fingerprint density at radius 3 is 2.80 bits per heavy atom. The summed E-state index contributed by atoms with van der Waals surface area (Å²) >= 11 is 7.64. The highest BCUT2D eigenvalue weighted by molar-refractivity contribution is 7.16. The summed E-state index contributed by atoms with van der Waals surface area (Å²) in [5.74, 6) is -0.120. The third-order valence-electron chi connectivity index (χ3n) is 4.25. The molecule has 2 aromatic heterocycles. The van der Waals surface area contributed by atoms with E-state index in [1.165, 1.54) is 16.1 Å². The molecule has 126 valence electrons. The summed E-state index contributed by atoms with van der Waals surface area (Å²) in [6.45, 7) is 1.85. The number of nitrogens with zero attached hydrogens (tertiary/aromatic N) is 2. The molecule has 0 spiro atoms. The molecule has 1 amide bonds. The molecule has 0 bridgehead atoms. The third-order valence-corrected chi connectivity index (χ3v) is 5.46. The van der Waals surface area contributed by atoms with Crippen LogP contribution in [0.25, 0.3) is 0 Å². The van der Waals surface area contributed by atoms with Crippen LogP contribution in [0.3, 0.4) is 0 Å². The number of rotatable bonds is 4. The molecule has 0 atom stereocenters. The van der Waals surface area contributed by atoms with Crippen molar-refractivity contribution in [2.24, 2.45) is 0 Å². The summed E-state index contributed by atoms with van der Waals surface area (Å²) in [7, 11) is 0. The molecule has 1 aliphatic rings. The fourth-order valence-electron chi connectivity index (χ4n) is 3.04. The van der Waals surface area contributed by atoms with E-state index in [0.717, 1.165) is 29.5 Å². The van der Waals surface area contributed by atoms with Crippen molar-refractivity contribution in [2.45, 2.75) is 13.0 Å². The van der Waals surface area contributed by atoms with Crippen molar-refractivity contribution in [3.8, 4) is 0 Å². The van der Waals surface area contributed by atoms with Gasteiger partial charge in [0, 0.05) is 40.8 Å². The molecule has 6 heteroatoms. The van der Waals surface area contributed by atoms with Gasteiger partial charge in [0.15, 0.2) is 0 Å². The number of pyridine rings is 1. The summed E-state index contributed by atoms with van der Waals surface area (Å²) in [5, 5.41) is 2.96. The van der Waals surface area contributed by atoms with Crippen molar-refractivity contribution in [1.29, 1.82) is 0 Å². The van der Waals surface area contributed by atoms with Crippen molar-refractivity contribution >= 4 is 40.2 Å². The zero-order valence-electron chi connectivity index (χ0n) is 13.4. The molecule has 1 aromatic carbocycles. The molecule has 25 heavy (non-hydrogen) atoms. The largest absolute Gasteiger partial charge is 0.366 e. The van der Waals surface area contributed by atoms with Crippen LogP contribution in [0, 0.1) is 0 Å². The normalized spacial score (nSPS) is 12.9. The van der Waals surface area contributed by atoms with Gasteiger partial charge in [-0.3, -0.25) is 9.78 Å². The molecule has 0 fully saturated rings. The number of halogens is 1. The Kier molecular flexibility index (Phi) is 4.42. The molecule has 0 saturated heterocycles. The lowest BCUT2D eigenvalue weighted by molar-refractivity contribution is 0.102. The number of thiophene rings is 1. The summed E-state index contributed by atoms with van der Waals surface area (Å²) in [4.78, 5) is 19.8. The van der Waals surface area contributed by atoms with Gasteiger partial charge in [-0.2, -0.15) is 0 Å². The highest BCUT2D eigenvalue weighted by atomic mass is 35.5. The maximum absolute atomic E-state index is 12.3. The number of fused-ring (bicyclic) bond motifs is 1. The van der Waals surface area contributed by atoms with Crippen LogP contribution in [0.15, 0.2) is 54.9 Å². The number of carbonyl (C=O) groups is 1. The molecule has 3 aromatic rings. The number of benzene rings is 1. The number of carbonyl (C=O) groups excluding carboxylic acids is 1. The number of anilines is 2. The van der Waals surface area contributed by atoms with E-state index in [0.29, 0.717) is 5.56 Å². The van der Waals surface area contributed by atoms with Crippen LogP contribution in [0.4, 0.5) is 11.4 Å². The number of amides is 1. The third kappa shape index (κ3) is 3.52. The maximum atomic E-state index is 12.3. The maximum Gasteiger partial charge on any atom is 0.255 e. The van der Waals surface area contributed by atoms with E-state index < -0.39 is 0 Å². The molecule has 0 radical (unpaired) electrons. The van der Waals surface area contributed by atoms with Crippen LogP contribution in [-0.4, -0.2) is 17.4 Å². The number of hydrogen-bond acceptors (Lipinski definition) is 4. The number of hydrogen-bond donors (Lipinski definition) is 1. The molecule has 4 rings (SSSR count). The molecule has 0 saturated carbocycles. The number of nitrogens with one attached hydrogen (secondary N) is 1. The summed E-state index contributed by atoms with van der Waals surface area (Å²) in [5.41, 5.74) is 3.91. The first-order valence-electron chi connectivity index (χ1n) is 8.02. The van der Waals surface area contributed by atoms with Gasteiger partial charge in [0.05, 0.1) is 10.9 Å². The molecule has 0 unspecified atom stereocenters. The van der Waals surface area contributed by atoms with Gasteiger partial charge >= 0.3 is 0 Å². The SMILES string of the molecule is O=C(Nc1ccc2c(c1)CCN2Cc1ccc(Cl)s1)c1ccncc1. The van der Waals surface area contributed by atoms with Crippen LogP contribution in [-0.2, 0) is 13.0 Å². The Bertz CT molecular complexity index is 910. The molecular weight excluding hydrogens is 354 g/mol. The van der Waals surface area contributed by atoms with E-state index in [1.54, 1.807) is 35.9 Å². The second-order valence-electron chi connectivity index (χ2n) is 5.91. The van der Waals surface area contributed by atoms with Crippen molar-refractivity contribution < 1.29 is 4.79 Å². The first kappa shape index (κ1) is 16.1. The van der Waals surface area contributed by atoms with Crippen molar-refractivity contribution in [3.63, 3.8) is 0 Å². The lowest BCUT2D eigenvalue weighted by Gasteiger charge is -2.18. The van der Waals surface area contributed by atoms with E-state index in [4.69, 9.17) is 11.6 Å². The van der Waals surface area contributed by atoms with Gasteiger partial charge in [-0.25, -0.2) is 0 Å². The Labute approximate surface area is 155 Å². The van der Waals surface area contributed by atoms with Crippen LogP contribution < -0.4 is 10.2 Å². The fraction of sp³-hybridized carbons (Fsp3) is 0.158. The highest BCUT2D eigenvalue weighted by Gasteiger charge is 2.20. The Morgan fingerprint density at radius 2 is 2.04 bits per heavy atom. The quantitative estimate of drug-likeness (QED) is 0.730. The highest BCUT2D eigenvalue weighted by Crippen LogP contribution is 2.33. The van der Waals surface area contributed by atoms with Gasteiger partial charge in [-0.05, 0) is 54.4 Å². The topological polar surface area (TPSA) is 45.2 Å². The lowest BCUT2D eigenvalue weighted by Crippen LogP contribution is -2.18. The standard InChI is InChI=1S/C19H16ClN3OS/c20-18-4-2-16(25-18)12-23-10-7-14-11-15(1-3-17(14)23)22-19(24)13-5-8-21-9-6-13/h1-6,8-9,11H,7,10,12H2,(H,22,24). The predicted octanol–water partition coefficient (Wildman–Crippen LogP) is 4.61. The zero-order chi connectivity index (χ0) is 17.2. The zero-order valence-corrected chi connectivity index (χ0v) is 15.0. The van der Waals surface area contributed by atoms with E-state index in [-0.39, 0.29) is 5.91 Å². The number of aromatic nitrogens is 1. The first-order chi connectivity index (χ1) is 12.2. The fourth-order valence-corrected chi connectivity index (χ4v) is 4.15. The second-order valence-corrected chi connectivity index (χ2v) is 7.71. The van der Waals surface area contributed by atoms with Gasteiger partial charge in [-0.15, -0.1) is 11.3 Å². The Hall–Kier alpha value is -2.37. The minimum atomic E-state index is -0.120. The van der Waals surface area contributed by atoms with Gasteiger partial charge in [0.25, 0.3) is 5.91 Å². The van der Waals surface area contributed by atoms with Crippen LogP contribution in [0.2, 0.25) is 4.34 Å². The average molecular weight is 370 g/mol. The van der Waals surface area contributed by atoms with E-state index in [1.807, 2.05) is 12.1 Å². The van der Waals surface area contributed by atoms with Gasteiger partial charge in [-0.1, -0.05) is 11.6 Å². The van der Waals surface area contributed by atoms with E-state index in [9.17, 15) is 4.79 Å². The van der Waals surface area contributed by atoms with Crippen molar-refractivity contribution in [2.75, 3.05) is 16.8 Å². The lowest BCUT2D eigenvalue weighted by atomic mass is 10.1. The summed E-state index contributed by atoms with van der Waals surface area (Å²) in [6.07, 6.45) is 4.21. The second kappa shape index (κ2) is 6.86. The predicted molar refractivity (Wildman–Crippen MR) is 103 cm³/mol. The summed E-state index contributed by atoms with van der Waals surface area (Å²) in [6, 6.07) is 13.5. The Balaban J connectivity index is 1.48. The molecular formula is C19H16ClN3OS. The Morgan fingerprint density at radius 1 is 1.20 bits per heavy atom.